The second kappa shape index (κ2) is 14.3. The van der Waals surface area contributed by atoms with E-state index in [4.69, 9.17) is 9.47 Å². The van der Waals surface area contributed by atoms with E-state index in [-0.39, 0.29) is 47.4 Å². The first-order valence-corrected chi connectivity index (χ1v) is 10.3. The van der Waals surface area contributed by atoms with Crippen molar-refractivity contribution in [2.75, 3.05) is 39.9 Å². The molecule has 1 saturated heterocycles. The molecule has 0 atom stereocenters. The number of hydrogen-bond acceptors (Lipinski definition) is 5. The molecule has 0 spiro atoms. The Morgan fingerprint density at radius 1 is 1.26 bits per heavy atom. The minimum atomic E-state index is -2.91. The molecule has 2 rings (SSSR count). The van der Waals surface area contributed by atoms with E-state index in [0.717, 1.165) is 44.0 Å². The highest BCUT2D eigenvalue weighted by atomic mass is 127. The van der Waals surface area contributed by atoms with E-state index in [0.29, 0.717) is 19.6 Å². The van der Waals surface area contributed by atoms with E-state index in [9.17, 15) is 13.6 Å². The van der Waals surface area contributed by atoms with Gasteiger partial charge in [-0.25, -0.2) is 0 Å². The fraction of sp³-hybridized carbons (Fsp3) is 0.619. The molecule has 31 heavy (non-hydrogen) atoms. The molecule has 0 aliphatic carbocycles. The Morgan fingerprint density at radius 2 is 1.97 bits per heavy atom. The Hall–Kier alpha value is -1.85. The molecular weight excluding hydrogens is 523 g/mol. The van der Waals surface area contributed by atoms with Crippen molar-refractivity contribution < 1.29 is 27.8 Å². The molecule has 7 nitrogen and oxygen atoms in total. The third-order valence-electron chi connectivity index (χ3n) is 4.86. The fourth-order valence-electron chi connectivity index (χ4n) is 3.37. The number of benzene rings is 1. The summed E-state index contributed by atoms with van der Waals surface area (Å²) in [7, 11) is 1.41. The average Bonchev–Trinajstić information content (AvgIpc) is 2.73. The molecule has 0 saturated carbocycles. The summed E-state index contributed by atoms with van der Waals surface area (Å²) in [6.07, 6.45) is 2.03. The van der Waals surface area contributed by atoms with Gasteiger partial charge in [-0.15, -0.1) is 24.0 Å². The predicted molar refractivity (Wildman–Crippen MR) is 126 cm³/mol. The van der Waals surface area contributed by atoms with E-state index in [1.807, 2.05) is 19.9 Å². The number of piperidine rings is 1. The zero-order chi connectivity index (χ0) is 21.9. The number of guanidine groups is 1. The second-order valence-corrected chi connectivity index (χ2v) is 6.86. The van der Waals surface area contributed by atoms with Crippen LogP contribution in [-0.4, -0.2) is 63.3 Å². The normalized spacial score (nSPS) is 14.8. The molecule has 0 amide bonds. The SMILES string of the molecule is CCNC(=NCCc1ccc(OC)c(OC(F)F)c1)N1CCC(C(=O)OCC)CC1.I. The highest BCUT2D eigenvalue weighted by Gasteiger charge is 2.27. The predicted octanol–water partition coefficient (Wildman–Crippen LogP) is 3.70. The number of rotatable bonds is 9. The summed E-state index contributed by atoms with van der Waals surface area (Å²) in [6, 6.07) is 4.98. The maximum absolute atomic E-state index is 12.6. The maximum Gasteiger partial charge on any atom is 0.387 e. The van der Waals surface area contributed by atoms with Crippen LogP contribution in [0, 0.1) is 5.92 Å². The molecule has 1 aliphatic rings. The molecule has 10 heteroatoms. The largest absolute Gasteiger partial charge is 0.493 e. The molecule has 176 valence electrons. The Bertz CT molecular complexity index is 714. The summed E-state index contributed by atoms with van der Waals surface area (Å²) in [4.78, 5) is 18.7. The van der Waals surface area contributed by atoms with Gasteiger partial charge in [0.1, 0.15) is 0 Å². The standard InChI is InChI=1S/C21H31F2N3O4.HI/c1-4-24-21(26-12-9-16(10-13-26)19(27)29-5-2)25-11-8-15-6-7-17(28-3)18(14-15)30-20(22)23;/h6-7,14,16,20H,4-5,8-13H2,1-3H3,(H,24,25);1H. The van der Waals surface area contributed by atoms with Gasteiger partial charge in [0.25, 0.3) is 0 Å². The number of hydrogen-bond donors (Lipinski definition) is 1. The maximum atomic E-state index is 12.6. The first kappa shape index (κ1) is 27.2. The van der Waals surface area contributed by atoms with E-state index < -0.39 is 6.61 Å². The lowest BCUT2D eigenvalue weighted by Gasteiger charge is -2.33. The zero-order valence-corrected chi connectivity index (χ0v) is 20.6. The number of aliphatic imine (C=N–C) groups is 1. The van der Waals surface area contributed by atoms with Crippen molar-refractivity contribution >= 4 is 35.9 Å². The summed E-state index contributed by atoms with van der Waals surface area (Å²) >= 11 is 0. The molecule has 0 bridgehead atoms. The van der Waals surface area contributed by atoms with Crippen molar-refractivity contribution in [2.45, 2.75) is 39.7 Å². The summed E-state index contributed by atoms with van der Waals surface area (Å²) in [5.41, 5.74) is 0.826. The highest BCUT2D eigenvalue weighted by molar-refractivity contribution is 14.0. The molecule has 1 fully saturated rings. The van der Waals surface area contributed by atoms with Crippen molar-refractivity contribution in [3.8, 4) is 11.5 Å². The average molecular weight is 555 g/mol. The van der Waals surface area contributed by atoms with Gasteiger partial charge in [-0.1, -0.05) is 6.07 Å². The fourth-order valence-corrected chi connectivity index (χ4v) is 3.37. The van der Waals surface area contributed by atoms with Crippen LogP contribution in [0.15, 0.2) is 23.2 Å². The van der Waals surface area contributed by atoms with Gasteiger partial charge in [0.05, 0.1) is 19.6 Å². The number of esters is 1. The van der Waals surface area contributed by atoms with Gasteiger partial charge in [0.15, 0.2) is 17.5 Å². The molecule has 1 heterocycles. The van der Waals surface area contributed by atoms with Crippen LogP contribution < -0.4 is 14.8 Å². The van der Waals surface area contributed by atoms with Crippen LogP contribution in [-0.2, 0) is 16.0 Å². The first-order chi connectivity index (χ1) is 14.5. The lowest BCUT2D eigenvalue weighted by atomic mass is 9.97. The van der Waals surface area contributed by atoms with Gasteiger partial charge >= 0.3 is 12.6 Å². The Balaban J connectivity index is 0.00000480. The Labute approximate surface area is 199 Å². The minimum absolute atomic E-state index is 0. The number of halogens is 3. The zero-order valence-electron chi connectivity index (χ0n) is 18.2. The van der Waals surface area contributed by atoms with Crippen LogP contribution in [0.25, 0.3) is 0 Å². The number of nitrogens with zero attached hydrogens (tertiary/aromatic N) is 2. The number of alkyl halides is 2. The van der Waals surface area contributed by atoms with Crippen LogP contribution >= 0.6 is 24.0 Å². The first-order valence-electron chi connectivity index (χ1n) is 10.3. The number of ether oxygens (including phenoxy) is 3. The molecule has 1 N–H and O–H groups in total. The number of carbonyl (C=O) groups excluding carboxylic acids is 1. The third kappa shape index (κ3) is 8.66. The second-order valence-electron chi connectivity index (χ2n) is 6.86. The third-order valence-corrected chi connectivity index (χ3v) is 4.86. The van der Waals surface area contributed by atoms with E-state index in [1.165, 1.54) is 7.11 Å². The quantitative estimate of drug-likeness (QED) is 0.217. The minimum Gasteiger partial charge on any atom is -0.493 e. The van der Waals surface area contributed by atoms with Gasteiger partial charge < -0.3 is 24.4 Å². The van der Waals surface area contributed by atoms with Crippen LogP contribution in [0.2, 0.25) is 0 Å². The lowest BCUT2D eigenvalue weighted by molar-refractivity contribution is -0.149. The van der Waals surface area contributed by atoms with Gasteiger partial charge in [0, 0.05) is 26.2 Å². The number of likely N-dealkylation sites (tertiary alicyclic amines) is 1. The Morgan fingerprint density at radius 3 is 2.55 bits per heavy atom. The molecule has 1 aromatic carbocycles. The Kier molecular flexibility index (Phi) is 12.5. The van der Waals surface area contributed by atoms with Crippen LogP contribution in [0.4, 0.5) is 8.78 Å². The van der Waals surface area contributed by atoms with Gasteiger partial charge in [-0.2, -0.15) is 8.78 Å². The number of nitrogens with one attached hydrogen (secondary N) is 1. The number of carbonyl (C=O) groups is 1. The summed E-state index contributed by atoms with van der Waals surface area (Å²) in [5.74, 6) is 0.886. The lowest BCUT2D eigenvalue weighted by Crippen LogP contribution is -2.46. The molecule has 0 radical (unpaired) electrons. The van der Waals surface area contributed by atoms with Crippen LogP contribution in [0.3, 0.4) is 0 Å². The monoisotopic (exact) mass is 555 g/mol. The molecule has 1 aliphatic heterocycles. The van der Waals surface area contributed by atoms with Crippen molar-refractivity contribution in [3.63, 3.8) is 0 Å². The van der Waals surface area contributed by atoms with Crippen molar-refractivity contribution in [3.05, 3.63) is 23.8 Å². The van der Waals surface area contributed by atoms with Crippen LogP contribution in [0.5, 0.6) is 11.5 Å². The molecule has 1 aromatic rings. The van der Waals surface area contributed by atoms with Gasteiger partial charge in [-0.3, -0.25) is 9.79 Å². The highest BCUT2D eigenvalue weighted by Crippen LogP contribution is 2.29. The molecule has 0 unspecified atom stereocenters. The van der Waals surface area contributed by atoms with Crippen molar-refractivity contribution in [1.29, 1.82) is 0 Å². The molecule has 0 aromatic heterocycles. The smallest absolute Gasteiger partial charge is 0.387 e. The summed E-state index contributed by atoms with van der Waals surface area (Å²) in [6.45, 7) is 3.97. The van der Waals surface area contributed by atoms with Gasteiger partial charge in [0.2, 0.25) is 0 Å². The van der Waals surface area contributed by atoms with E-state index in [2.05, 4.69) is 19.9 Å². The number of methoxy groups -OCH3 is 1. The molecular formula is C21H32F2IN3O4. The van der Waals surface area contributed by atoms with Crippen molar-refractivity contribution in [1.82, 2.24) is 10.2 Å². The van der Waals surface area contributed by atoms with Crippen molar-refractivity contribution in [2.24, 2.45) is 10.9 Å². The summed E-state index contributed by atoms with van der Waals surface area (Å²) < 4.78 is 39.9. The van der Waals surface area contributed by atoms with E-state index >= 15 is 0 Å². The van der Waals surface area contributed by atoms with Crippen LogP contribution in [0.1, 0.15) is 32.3 Å². The topological polar surface area (TPSA) is 72.4 Å². The van der Waals surface area contributed by atoms with E-state index in [1.54, 1.807) is 12.1 Å². The summed E-state index contributed by atoms with van der Waals surface area (Å²) in [5, 5.41) is 3.28. The van der Waals surface area contributed by atoms with Gasteiger partial charge in [-0.05, 0) is 50.8 Å².